The van der Waals surface area contributed by atoms with Gasteiger partial charge in [0.1, 0.15) is 5.76 Å². The molecule has 1 amide bonds. The van der Waals surface area contributed by atoms with Crippen LogP contribution in [-0.2, 0) is 11.3 Å². The second kappa shape index (κ2) is 6.64. The number of aromatic nitrogens is 1. The number of carbonyl (C=O) groups excluding carboxylic acids is 1. The Kier molecular flexibility index (Phi) is 4.16. The molecule has 0 bridgehead atoms. The summed E-state index contributed by atoms with van der Waals surface area (Å²) in [6.45, 7) is 4.04. The number of nitrogen functional groups attached to an aromatic ring is 1. The van der Waals surface area contributed by atoms with E-state index in [2.05, 4.69) is 5.16 Å². The van der Waals surface area contributed by atoms with E-state index in [0.29, 0.717) is 29.4 Å². The molecule has 0 aliphatic carbocycles. The third kappa shape index (κ3) is 3.17. The van der Waals surface area contributed by atoms with Crippen molar-refractivity contribution in [1.82, 2.24) is 5.16 Å². The summed E-state index contributed by atoms with van der Waals surface area (Å²) in [6.07, 6.45) is 1.73. The molecule has 2 N–H and O–H groups in total. The van der Waals surface area contributed by atoms with Crippen LogP contribution in [0.15, 0.2) is 58.8 Å². The van der Waals surface area contributed by atoms with Crippen LogP contribution >= 0.6 is 0 Å². The minimum atomic E-state index is -0.226. The topological polar surface area (TPSA) is 81.6 Å². The largest absolute Gasteiger partial charge is 0.449 e. The summed E-state index contributed by atoms with van der Waals surface area (Å²) in [5.74, 6) is 1.25. The lowest BCUT2D eigenvalue weighted by Gasteiger charge is -2.30. The maximum atomic E-state index is 13.2. The van der Waals surface area contributed by atoms with E-state index in [1.807, 2.05) is 44.2 Å². The molecular weight excluding hydrogens is 342 g/mol. The number of anilines is 2. The van der Waals surface area contributed by atoms with Gasteiger partial charge in [0.25, 0.3) is 5.91 Å². The smallest absolute Gasteiger partial charge is 0.294 e. The van der Waals surface area contributed by atoms with Crippen molar-refractivity contribution in [2.75, 3.05) is 10.6 Å². The number of fused-ring (bicyclic) bond motifs is 1. The van der Waals surface area contributed by atoms with Crippen molar-refractivity contribution < 1.29 is 14.1 Å². The number of hydrogen-bond acceptors (Lipinski definition) is 5. The molecule has 2 aromatic carbocycles. The average Bonchev–Trinajstić information content (AvgIpc) is 2.97. The number of ether oxygens (including phenoxy) is 1. The highest BCUT2D eigenvalue weighted by Gasteiger charge is 2.31. The minimum absolute atomic E-state index is 0.226. The molecule has 0 radical (unpaired) electrons. The molecule has 4 rings (SSSR count). The Hall–Kier alpha value is -3.54. The van der Waals surface area contributed by atoms with E-state index in [1.54, 1.807) is 29.2 Å². The standard InChI is InChI=1S/C21H19N3O3/c1-13-17(14(2)27-23-13)12-24-18-9-8-16(22)11-19(18)26-20(21(24)25)10-15-6-4-3-5-7-15/h3-11H,12,22H2,1-2H3/b20-10+. The van der Waals surface area contributed by atoms with Gasteiger partial charge >= 0.3 is 0 Å². The summed E-state index contributed by atoms with van der Waals surface area (Å²) in [5, 5.41) is 3.98. The molecule has 0 saturated carbocycles. The predicted molar refractivity (Wildman–Crippen MR) is 103 cm³/mol. The van der Waals surface area contributed by atoms with E-state index in [-0.39, 0.29) is 11.7 Å². The van der Waals surface area contributed by atoms with Crippen molar-refractivity contribution in [2.24, 2.45) is 0 Å². The van der Waals surface area contributed by atoms with Crippen LogP contribution in [0.5, 0.6) is 5.75 Å². The highest BCUT2D eigenvalue weighted by atomic mass is 16.5. The Morgan fingerprint density at radius 3 is 2.63 bits per heavy atom. The Morgan fingerprint density at radius 1 is 1.15 bits per heavy atom. The van der Waals surface area contributed by atoms with Gasteiger partial charge in [-0.1, -0.05) is 35.5 Å². The fourth-order valence-electron chi connectivity index (χ4n) is 3.07. The van der Waals surface area contributed by atoms with Crippen molar-refractivity contribution in [1.29, 1.82) is 0 Å². The second-order valence-corrected chi connectivity index (χ2v) is 6.44. The summed E-state index contributed by atoms with van der Waals surface area (Å²) < 4.78 is 11.1. The number of nitrogens with two attached hydrogens (primary N) is 1. The fourth-order valence-corrected chi connectivity index (χ4v) is 3.07. The molecule has 0 fully saturated rings. The van der Waals surface area contributed by atoms with Crippen molar-refractivity contribution in [3.05, 3.63) is 76.9 Å². The van der Waals surface area contributed by atoms with E-state index in [9.17, 15) is 4.79 Å². The number of hydrogen-bond donors (Lipinski definition) is 1. The lowest BCUT2D eigenvalue weighted by atomic mass is 10.1. The van der Waals surface area contributed by atoms with Gasteiger partial charge in [0.05, 0.1) is 17.9 Å². The maximum absolute atomic E-state index is 13.2. The fraction of sp³-hybridized carbons (Fsp3) is 0.143. The van der Waals surface area contributed by atoms with Crippen LogP contribution in [0.2, 0.25) is 0 Å². The van der Waals surface area contributed by atoms with Gasteiger partial charge in [0, 0.05) is 17.3 Å². The Labute approximate surface area is 156 Å². The summed E-state index contributed by atoms with van der Waals surface area (Å²) >= 11 is 0. The van der Waals surface area contributed by atoms with Crippen LogP contribution in [0.1, 0.15) is 22.6 Å². The van der Waals surface area contributed by atoms with Crippen molar-refractivity contribution in [3.8, 4) is 5.75 Å². The van der Waals surface area contributed by atoms with E-state index >= 15 is 0 Å². The Balaban J connectivity index is 1.79. The molecule has 1 aliphatic rings. The van der Waals surface area contributed by atoms with Crippen LogP contribution in [0.4, 0.5) is 11.4 Å². The van der Waals surface area contributed by atoms with Gasteiger partial charge in [-0.15, -0.1) is 0 Å². The molecule has 136 valence electrons. The third-order valence-electron chi connectivity index (χ3n) is 4.55. The van der Waals surface area contributed by atoms with E-state index in [4.69, 9.17) is 15.0 Å². The quantitative estimate of drug-likeness (QED) is 0.566. The average molecular weight is 361 g/mol. The summed E-state index contributed by atoms with van der Waals surface area (Å²) in [6, 6.07) is 14.8. The minimum Gasteiger partial charge on any atom is -0.449 e. The molecule has 0 saturated heterocycles. The second-order valence-electron chi connectivity index (χ2n) is 6.44. The number of nitrogens with zero attached hydrogens (tertiary/aromatic N) is 2. The molecule has 6 nitrogen and oxygen atoms in total. The van der Waals surface area contributed by atoms with Crippen LogP contribution in [0, 0.1) is 13.8 Å². The highest BCUT2D eigenvalue weighted by molar-refractivity contribution is 6.10. The Morgan fingerprint density at radius 2 is 1.93 bits per heavy atom. The first-order chi connectivity index (χ1) is 13.0. The maximum Gasteiger partial charge on any atom is 0.294 e. The Bertz CT molecular complexity index is 1020. The van der Waals surface area contributed by atoms with Crippen LogP contribution < -0.4 is 15.4 Å². The molecule has 1 aliphatic heterocycles. The summed E-state index contributed by atoms with van der Waals surface area (Å²) in [5.41, 5.74) is 9.67. The third-order valence-corrected chi connectivity index (χ3v) is 4.55. The van der Waals surface area contributed by atoms with Gasteiger partial charge < -0.3 is 15.0 Å². The summed E-state index contributed by atoms with van der Waals surface area (Å²) in [7, 11) is 0. The first-order valence-corrected chi connectivity index (χ1v) is 8.60. The molecule has 6 heteroatoms. The van der Waals surface area contributed by atoms with Crippen LogP contribution in [0.25, 0.3) is 6.08 Å². The molecular formula is C21H19N3O3. The zero-order valence-corrected chi connectivity index (χ0v) is 15.1. The molecule has 0 atom stereocenters. The van der Waals surface area contributed by atoms with Crippen LogP contribution in [-0.4, -0.2) is 11.1 Å². The molecule has 2 heterocycles. The van der Waals surface area contributed by atoms with Gasteiger partial charge in [0.2, 0.25) is 0 Å². The molecule has 0 unspecified atom stereocenters. The monoisotopic (exact) mass is 361 g/mol. The van der Waals surface area contributed by atoms with Gasteiger partial charge in [-0.3, -0.25) is 9.69 Å². The van der Waals surface area contributed by atoms with Crippen molar-refractivity contribution in [2.45, 2.75) is 20.4 Å². The lowest BCUT2D eigenvalue weighted by molar-refractivity contribution is -0.117. The summed E-state index contributed by atoms with van der Waals surface area (Å²) in [4.78, 5) is 14.8. The van der Waals surface area contributed by atoms with Crippen molar-refractivity contribution >= 4 is 23.4 Å². The predicted octanol–water partition coefficient (Wildman–Crippen LogP) is 3.84. The highest BCUT2D eigenvalue weighted by Crippen LogP contribution is 2.38. The normalized spacial score (nSPS) is 15.0. The number of carbonyl (C=O) groups is 1. The molecule has 27 heavy (non-hydrogen) atoms. The van der Waals surface area contributed by atoms with E-state index in [1.165, 1.54) is 0 Å². The zero-order chi connectivity index (χ0) is 19.0. The first kappa shape index (κ1) is 16.9. The number of aryl methyl sites for hydroxylation is 2. The van der Waals surface area contributed by atoms with Crippen molar-refractivity contribution in [3.63, 3.8) is 0 Å². The first-order valence-electron chi connectivity index (χ1n) is 8.60. The van der Waals surface area contributed by atoms with Gasteiger partial charge in [-0.05, 0) is 37.6 Å². The van der Waals surface area contributed by atoms with Gasteiger partial charge in [-0.25, -0.2) is 0 Å². The number of benzene rings is 2. The zero-order valence-electron chi connectivity index (χ0n) is 15.1. The lowest BCUT2D eigenvalue weighted by Crippen LogP contribution is -2.37. The molecule has 1 aromatic heterocycles. The molecule has 0 spiro atoms. The van der Waals surface area contributed by atoms with Gasteiger partial charge in [-0.2, -0.15) is 0 Å². The SMILES string of the molecule is Cc1noc(C)c1CN1C(=O)/C(=C\c2ccccc2)Oc2cc(N)ccc21. The number of rotatable bonds is 3. The number of amides is 1. The van der Waals surface area contributed by atoms with E-state index in [0.717, 1.165) is 16.8 Å². The molecule has 3 aromatic rings. The van der Waals surface area contributed by atoms with E-state index < -0.39 is 0 Å². The van der Waals surface area contributed by atoms with Gasteiger partial charge in [0.15, 0.2) is 11.5 Å². The van der Waals surface area contributed by atoms with Crippen LogP contribution in [0.3, 0.4) is 0 Å².